The van der Waals surface area contributed by atoms with Crippen molar-refractivity contribution in [2.75, 3.05) is 0 Å². The van der Waals surface area contributed by atoms with Gasteiger partial charge in [-0.3, -0.25) is 0 Å². The van der Waals surface area contributed by atoms with Crippen molar-refractivity contribution in [3.8, 4) is 33.4 Å². The van der Waals surface area contributed by atoms with Crippen LogP contribution in [0.4, 0.5) is 0 Å². The quantitative estimate of drug-likeness (QED) is 0.180. The zero-order valence-electron chi connectivity index (χ0n) is 27.0. The summed E-state index contributed by atoms with van der Waals surface area (Å²) in [6.07, 6.45) is 0. The molecule has 2 heteroatoms. The van der Waals surface area contributed by atoms with Gasteiger partial charge >= 0.3 is 0 Å². The number of hydrogen-bond acceptors (Lipinski definition) is 2. The molecule has 0 radical (unpaired) electrons. The first-order valence-corrected chi connectivity index (χ1v) is 17.1. The second kappa shape index (κ2) is 10.4. The molecular weight excluding hydrogens is 609 g/mol. The van der Waals surface area contributed by atoms with Gasteiger partial charge in [0.25, 0.3) is 0 Å². The van der Waals surface area contributed by atoms with Crippen molar-refractivity contribution in [3.05, 3.63) is 170 Å². The summed E-state index contributed by atoms with van der Waals surface area (Å²) in [4.78, 5) is 0. The SMILES string of the molecule is c1ccc(-c2c3ccccc3c(-c3ccc4cc(-c5cc6c7ccccc7oc6c6oc7ccccc7c56)ccc4c3)c3ccccc23)cc1. The van der Waals surface area contributed by atoms with E-state index in [1.807, 2.05) is 24.3 Å². The molecule has 0 N–H and O–H groups in total. The van der Waals surface area contributed by atoms with Crippen molar-refractivity contribution >= 4 is 76.2 Å². The number of para-hydroxylation sites is 2. The van der Waals surface area contributed by atoms with Gasteiger partial charge in [-0.1, -0.05) is 140 Å². The van der Waals surface area contributed by atoms with Crippen LogP contribution in [0, 0.1) is 0 Å². The van der Waals surface area contributed by atoms with E-state index < -0.39 is 0 Å². The van der Waals surface area contributed by atoms with Crippen molar-refractivity contribution in [2.45, 2.75) is 0 Å². The summed E-state index contributed by atoms with van der Waals surface area (Å²) in [5.41, 5.74) is 10.6. The second-order valence-corrected chi connectivity index (χ2v) is 13.2. The average Bonchev–Trinajstić information content (AvgIpc) is 3.76. The topological polar surface area (TPSA) is 26.3 Å². The molecular formula is C48H28O2. The van der Waals surface area contributed by atoms with E-state index in [0.29, 0.717) is 0 Å². The van der Waals surface area contributed by atoms with Crippen LogP contribution >= 0.6 is 0 Å². The Balaban J connectivity index is 1.14. The van der Waals surface area contributed by atoms with Crippen LogP contribution in [0.15, 0.2) is 179 Å². The Hall–Kier alpha value is -6.64. The highest BCUT2D eigenvalue weighted by atomic mass is 16.4. The molecule has 0 aliphatic carbocycles. The van der Waals surface area contributed by atoms with Crippen LogP contribution < -0.4 is 0 Å². The Kier molecular flexibility index (Phi) is 5.70. The molecule has 0 saturated heterocycles. The molecule has 0 spiro atoms. The van der Waals surface area contributed by atoms with Crippen LogP contribution in [0.25, 0.3) is 110 Å². The summed E-state index contributed by atoms with van der Waals surface area (Å²) in [7, 11) is 0. The van der Waals surface area contributed by atoms with Crippen molar-refractivity contribution in [3.63, 3.8) is 0 Å². The van der Waals surface area contributed by atoms with Gasteiger partial charge in [-0.05, 0) is 96.0 Å². The molecule has 2 aromatic heterocycles. The van der Waals surface area contributed by atoms with Crippen LogP contribution in [0.3, 0.4) is 0 Å². The minimum absolute atomic E-state index is 0.794. The predicted molar refractivity (Wildman–Crippen MR) is 210 cm³/mol. The summed E-state index contributed by atoms with van der Waals surface area (Å²) in [6, 6.07) is 61.0. The summed E-state index contributed by atoms with van der Waals surface area (Å²) in [6.45, 7) is 0. The average molecular weight is 637 g/mol. The fourth-order valence-electron chi connectivity index (χ4n) is 8.22. The maximum absolute atomic E-state index is 6.52. The lowest BCUT2D eigenvalue weighted by molar-refractivity contribution is 0.633. The van der Waals surface area contributed by atoms with E-state index in [4.69, 9.17) is 8.83 Å². The van der Waals surface area contributed by atoms with E-state index in [1.165, 1.54) is 54.6 Å². The van der Waals surface area contributed by atoms with Crippen molar-refractivity contribution in [2.24, 2.45) is 0 Å². The number of fused-ring (bicyclic) bond motifs is 10. The van der Waals surface area contributed by atoms with Crippen LogP contribution in [0.2, 0.25) is 0 Å². The first-order valence-electron chi connectivity index (χ1n) is 17.1. The molecule has 50 heavy (non-hydrogen) atoms. The number of furan rings is 2. The van der Waals surface area contributed by atoms with Gasteiger partial charge in [-0.15, -0.1) is 0 Å². The molecule has 0 amide bonds. The normalized spacial score (nSPS) is 12.0. The van der Waals surface area contributed by atoms with Crippen LogP contribution in [-0.2, 0) is 0 Å². The van der Waals surface area contributed by atoms with Gasteiger partial charge in [0, 0.05) is 21.5 Å². The lowest BCUT2D eigenvalue weighted by Crippen LogP contribution is -1.91. The van der Waals surface area contributed by atoms with Crippen molar-refractivity contribution < 1.29 is 8.83 Å². The largest absolute Gasteiger partial charge is 0.452 e. The molecule has 232 valence electrons. The zero-order chi connectivity index (χ0) is 32.8. The second-order valence-electron chi connectivity index (χ2n) is 13.2. The lowest BCUT2D eigenvalue weighted by atomic mass is 9.85. The van der Waals surface area contributed by atoms with E-state index in [2.05, 4.69) is 146 Å². The smallest absolute Gasteiger partial charge is 0.179 e. The zero-order valence-corrected chi connectivity index (χ0v) is 27.0. The van der Waals surface area contributed by atoms with E-state index in [0.717, 1.165) is 55.0 Å². The standard InChI is InChI=1S/C48H28O2/c1-2-12-29(13-3-1)44-35-15-4-6-17-37(35)45(38-18-7-5-16-36(38)44)33-25-23-30-26-32(24-22-31(30)27-33)40-28-41-34-14-8-10-20-42(34)49-47(41)48-46(40)39-19-9-11-21-43(39)50-48/h1-28H. The van der Waals surface area contributed by atoms with Gasteiger partial charge in [0.05, 0.1) is 0 Å². The highest BCUT2D eigenvalue weighted by molar-refractivity contribution is 6.25. The minimum Gasteiger partial charge on any atom is -0.452 e. The van der Waals surface area contributed by atoms with E-state index >= 15 is 0 Å². The summed E-state index contributed by atoms with van der Waals surface area (Å²) in [5.74, 6) is 0. The van der Waals surface area contributed by atoms with Gasteiger partial charge in [0.1, 0.15) is 11.2 Å². The van der Waals surface area contributed by atoms with Gasteiger partial charge in [-0.25, -0.2) is 0 Å². The third-order valence-electron chi connectivity index (χ3n) is 10.4. The molecule has 11 aromatic rings. The molecule has 0 aliphatic rings. The van der Waals surface area contributed by atoms with Crippen LogP contribution in [-0.4, -0.2) is 0 Å². The van der Waals surface area contributed by atoms with Crippen molar-refractivity contribution in [1.29, 1.82) is 0 Å². The molecule has 2 nitrogen and oxygen atoms in total. The summed E-state index contributed by atoms with van der Waals surface area (Å²) < 4.78 is 12.9. The van der Waals surface area contributed by atoms with Gasteiger partial charge in [0.15, 0.2) is 11.2 Å². The van der Waals surface area contributed by atoms with Crippen LogP contribution in [0.1, 0.15) is 0 Å². The molecule has 2 heterocycles. The Bertz CT molecular complexity index is 3080. The molecule has 9 aromatic carbocycles. The molecule has 0 bridgehead atoms. The maximum atomic E-state index is 6.52. The molecule has 0 fully saturated rings. The molecule has 11 rings (SSSR count). The van der Waals surface area contributed by atoms with Gasteiger partial charge in [-0.2, -0.15) is 0 Å². The third-order valence-corrected chi connectivity index (χ3v) is 10.4. The molecule has 0 unspecified atom stereocenters. The lowest BCUT2D eigenvalue weighted by Gasteiger charge is -2.18. The highest BCUT2D eigenvalue weighted by Crippen LogP contribution is 2.46. The van der Waals surface area contributed by atoms with Gasteiger partial charge in [0.2, 0.25) is 0 Å². The Labute approximate surface area is 287 Å². The Morgan fingerprint density at radius 3 is 1.44 bits per heavy atom. The summed E-state index contributed by atoms with van der Waals surface area (Å²) in [5, 5.41) is 11.8. The van der Waals surface area contributed by atoms with Gasteiger partial charge < -0.3 is 8.83 Å². The Morgan fingerprint density at radius 2 is 0.780 bits per heavy atom. The predicted octanol–water partition coefficient (Wildman–Crippen LogP) is 13.9. The minimum atomic E-state index is 0.794. The van der Waals surface area contributed by atoms with Crippen molar-refractivity contribution in [1.82, 2.24) is 0 Å². The summed E-state index contributed by atoms with van der Waals surface area (Å²) >= 11 is 0. The fourth-order valence-corrected chi connectivity index (χ4v) is 8.22. The number of hydrogen-bond donors (Lipinski definition) is 0. The van der Waals surface area contributed by atoms with E-state index in [1.54, 1.807) is 0 Å². The molecule has 0 aliphatic heterocycles. The maximum Gasteiger partial charge on any atom is 0.179 e. The fraction of sp³-hybridized carbons (Fsp3) is 0. The third kappa shape index (κ3) is 3.90. The first-order chi connectivity index (χ1) is 24.8. The van der Waals surface area contributed by atoms with E-state index in [9.17, 15) is 0 Å². The van der Waals surface area contributed by atoms with E-state index in [-0.39, 0.29) is 0 Å². The molecule has 0 atom stereocenters. The van der Waals surface area contributed by atoms with Crippen LogP contribution in [0.5, 0.6) is 0 Å². The monoisotopic (exact) mass is 636 g/mol. The highest BCUT2D eigenvalue weighted by Gasteiger charge is 2.21. The number of benzene rings is 9. The Morgan fingerprint density at radius 1 is 0.300 bits per heavy atom. The molecule has 0 saturated carbocycles. The first kappa shape index (κ1) is 27.3. The number of rotatable bonds is 3.